The molecule has 108 valence electrons. The van der Waals surface area contributed by atoms with Gasteiger partial charge in [-0.15, -0.1) is 11.3 Å². The molecule has 0 bridgehead atoms. The van der Waals surface area contributed by atoms with Gasteiger partial charge in [0, 0.05) is 43.3 Å². The smallest absolute Gasteiger partial charge is 0.131 e. The SMILES string of the molecule is Cn1ccnc1C(NCCc1cccnc1)c1cccs1. The molecule has 0 saturated heterocycles. The van der Waals surface area contributed by atoms with E-state index in [1.165, 1.54) is 10.4 Å². The second kappa shape index (κ2) is 6.65. The van der Waals surface area contributed by atoms with Crippen molar-refractivity contribution in [3.05, 3.63) is 70.7 Å². The van der Waals surface area contributed by atoms with Gasteiger partial charge >= 0.3 is 0 Å². The topological polar surface area (TPSA) is 42.7 Å². The summed E-state index contributed by atoms with van der Waals surface area (Å²) in [5.41, 5.74) is 1.25. The molecular weight excluding hydrogens is 280 g/mol. The number of rotatable bonds is 6. The van der Waals surface area contributed by atoms with Crippen molar-refractivity contribution in [1.82, 2.24) is 19.9 Å². The van der Waals surface area contributed by atoms with Gasteiger partial charge in [0.2, 0.25) is 0 Å². The van der Waals surface area contributed by atoms with E-state index in [0.29, 0.717) is 0 Å². The maximum absolute atomic E-state index is 4.49. The number of imidazole rings is 1. The first-order valence-corrected chi connectivity index (χ1v) is 7.85. The third kappa shape index (κ3) is 3.37. The average Bonchev–Trinajstić information content (AvgIpc) is 3.17. The number of aryl methyl sites for hydroxylation is 1. The summed E-state index contributed by atoms with van der Waals surface area (Å²) in [5.74, 6) is 1.05. The molecule has 0 spiro atoms. The fraction of sp³-hybridized carbons (Fsp3) is 0.250. The summed E-state index contributed by atoms with van der Waals surface area (Å²) in [5, 5.41) is 5.72. The van der Waals surface area contributed by atoms with E-state index >= 15 is 0 Å². The van der Waals surface area contributed by atoms with Gasteiger partial charge in [0.05, 0.1) is 0 Å². The van der Waals surface area contributed by atoms with Crippen LogP contribution in [0.1, 0.15) is 22.3 Å². The summed E-state index contributed by atoms with van der Waals surface area (Å²) in [7, 11) is 2.03. The zero-order valence-electron chi connectivity index (χ0n) is 11.9. The number of nitrogens with one attached hydrogen (secondary N) is 1. The summed E-state index contributed by atoms with van der Waals surface area (Å²) in [6, 6.07) is 8.46. The second-order valence-corrected chi connectivity index (χ2v) is 5.89. The molecule has 3 rings (SSSR count). The Labute approximate surface area is 128 Å². The first-order valence-electron chi connectivity index (χ1n) is 6.97. The van der Waals surface area contributed by atoms with E-state index in [1.54, 1.807) is 17.5 Å². The molecule has 0 aliphatic heterocycles. The average molecular weight is 298 g/mol. The minimum atomic E-state index is 0.140. The van der Waals surface area contributed by atoms with Gasteiger partial charge in [-0.1, -0.05) is 12.1 Å². The van der Waals surface area contributed by atoms with Crippen LogP contribution in [0.5, 0.6) is 0 Å². The Morgan fingerprint density at radius 1 is 1.29 bits per heavy atom. The zero-order valence-corrected chi connectivity index (χ0v) is 12.8. The molecule has 3 aromatic heterocycles. The summed E-state index contributed by atoms with van der Waals surface area (Å²) in [6.07, 6.45) is 8.51. The van der Waals surface area contributed by atoms with Crippen LogP contribution in [0.2, 0.25) is 0 Å². The third-order valence-electron chi connectivity index (χ3n) is 3.43. The van der Waals surface area contributed by atoms with Crippen LogP contribution >= 0.6 is 11.3 Å². The van der Waals surface area contributed by atoms with Crippen LogP contribution in [0.25, 0.3) is 0 Å². The largest absolute Gasteiger partial charge is 0.336 e. The number of nitrogens with zero attached hydrogens (tertiary/aromatic N) is 3. The molecule has 0 aliphatic carbocycles. The van der Waals surface area contributed by atoms with Crippen LogP contribution in [0, 0.1) is 0 Å². The molecular formula is C16H18N4S. The minimum absolute atomic E-state index is 0.140. The monoisotopic (exact) mass is 298 g/mol. The van der Waals surface area contributed by atoms with Gasteiger partial charge < -0.3 is 9.88 Å². The van der Waals surface area contributed by atoms with E-state index in [2.05, 4.69) is 43.4 Å². The molecule has 3 aromatic rings. The van der Waals surface area contributed by atoms with Crippen LogP contribution in [0.4, 0.5) is 0 Å². The second-order valence-electron chi connectivity index (χ2n) is 4.91. The maximum Gasteiger partial charge on any atom is 0.131 e. The van der Waals surface area contributed by atoms with Gasteiger partial charge in [0.1, 0.15) is 11.9 Å². The van der Waals surface area contributed by atoms with Crippen molar-refractivity contribution in [2.45, 2.75) is 12.5 Å². The summed E-state index contributed by atoms with van der Waals surface area (Å²) in [6.45, 7) is 0.890. The molecule has 0 amide bonds. The Morgan fingerprint density at radius 3 is 2.90 bits per heavy atom. The zero-order chi connectivity index (χ0) is 14.5. The van der Waals surface area contributed by atoms with Crippen LogP contribution in [0.3, 0.4) is 0 Å². The lowest BCUT2D eigenvalue weighted by Gasteiger charge is -2.17. The molecule has 0 aromatic carbocycles. The van der Waals surface area contributed by atoms with E-state index in [-0.39, 0.29) is 6.04 Å². The molecule has 0 saturated carbocycles. The Kier molecular flexibility index (Phi) is 4.43. The Hall–Kier alpha value is -1.98. The molecule has 5 heteroatoms. The van der Waals surface area contributed by atoms with Gasteiger partial charge in [-0.2, -0.15) is 0 Å². The van der Waals surface area contributed by atoms with Crippen molar-refractivity contribution in [3.8, 4) is 0 Å². The Morgan fingerprint density at radius 2 is 2.24 bits per heavy atom. The van der Waals surface area contributed by atoms with E-state index in [9.17, 15) is 0 Å². The summed E-state index contributed by atoms with van der Waals surface area (Å²) < 4.78 is 2.07. The first-order chi connectivity index (χ1) is 10.3. The highest BCUT2D eigenvalue weighted by Gasteiger charge is 2.18. The van der Waals surface area contributed by atoms with Crippen molar-refractivity contribution in [1.29, 1.82) is 0 Å². The van der Waals surface area contributed by atoms with Crippen molar-refractivity contribution >= 4 is 11.3 Å². The number of hydrogen-bond donors (Lipinski definition) is 1. The number of pyridine rings is 1. The van der Waals surface area contributed by atoms with Gasteiger partial charge in [0.15, 0.2) is 0 Å². The number of aromatic nitrogens is 3. The first kappa shape index (κ1) is 14.0. The van der Waals surface area contributed by atoms with Crippen LogP contribution in [0.15, 0.2) is 54.4 Å². The van der Waals surface area contributed by atoms with Crippen molar-refractivity contribution in [2.75, 3.05) is 6.54 Å². The highest BCUT2D eigenvalue weighted by molar-refractivity contribution is 7.10. The molecule has 0 aliphatic rings. The molecule has 1 atom stereocenters. The van der Waals surface area contributed by atoms with E-state index in [4.69, 9.17) is 0 Å². The maximum atomic E-state index is 4.49. The fourth-order valence-electron chi connectivity index (χ4n) is 2.34. The molecule has 1 unspecified atom stereocenters. The lowest BCUT2D eigenvalue weighted by atomic mass is 10.2. The van der Waals surface area contributed by atoms with Gasteiger partial charge in [-0.25, -0.2) is 4.98 Å². The lowest BCUT2D eigenvalue weighted by molar-refractivity contribution is 0.567. The lowest BCUT2D eigenvalue weighted by Crippen LogP contribution is -2.26. The highest BCUT2D eigenvalue weighted by atomic mass is 32.1. The minimum Gasteiger partial charge on any atom is -0.336 e. The van der Waals surface area contributed by atoms with Gasteiger partial charge in [-0.3, -0.25) is 4.98 Å². The molecule has 1 N–H and O–H groups in total. The number of thiophene rings is 1. The Bertz CT molecular complexity index is 661. The normalized spacial score (nSPS) is 12.4. The standard InChI is InChI=1S/C16H18N4S/c1-20-10-9-19-16(20)15(14-5-3-11-21-14)18-8-6-13-4-2-7-17-12-13/h2-5,7,9-12,15,18H,6,8H2,1H3. The molecule has 21 heavy (non-hydrogen) atoms. The van der Waals surface area contributed by atoms with Crippen molar-refractivity contribution in [3.63, 3.8) is 0 Å². The van der Waals surface area contributed by atoms with Crippen LogP contribution in [-0.2, 0) is 13.5 Å². The van der Waals surface area contributed by atoms with Crippen LogP contribution in [-0.4, -0.2) is 21.1 Å². The van der Waals surface area contributed by atoms with Gasteiger partial charge in [0.25, 0.3) is 0 Å². The predicted molar refractivity (Wildman–Crippen MR) is 85.3 cm³/mol. The summed E-state index contributed by atoms with van der Waals surface area (Å²) in [4.78, 5) is 9.93. The molecule has 0 fully saturated rings. The molecule has 3 heterocycles. The van der Waals surface area contributed by atoms with Crippen molar-refractivity contribution < 1.29 is 0 Å². The quantitative estimate of drug-likeness (QED) is 0.761. The van der Waals surface area contributed by atoms with Crippen LogP contribution < -0.4 is 5.32 Å². The van der Waals surface area contributed by atoms with Crippen molar-refractivity contribution in [2.24, 2.45) is 7.05 Å². The van der Waals surface area contributed by atoms with E-state index in [1.807, 2.05) is 31.7 Å². The Balaban J connectivity index is 1.70. The summed E-state index contributed by atoms with van der Waals surface area (Å²) >= 11 is 1.76. The molecule has 0 radical (unpaired) electrons. The predicted octanol–water partition coefficient (Wildman–Crippen LogP) is 2.80. The van der Waals surface area contributed by atoms with Gasteiger partial charge in [-0.05, 0) is 29.5 Å². The van der Waals surface area contributed by atoms with E-state index in [0.717, 1.165) is 18.8 Å². The highest BCUT2D eigenvalue weighted by Crippen LogP contribution is 2.24. The third-order valence-corrected chi connectivity index (χ3v) is 4.37. The molecule has 4 nitrogen and oxygen atoms in total. The van der Waals surface area contributed by atoms with E-state index < -0.39 is 0 Å². The fourth-order valence-corrected chi connectivity index (χ4v) is 3.13. The number of hydrogen-bond acceptors (Lipinski definition) is 4.